The molecule has 4 amide bonds. The van der Waals surface area contributed by atoms with Crippen LogP contribution in [0.4, 0.5) is 4.79 Å². The van der Waals surface area contributed by atoms with Crippen molar-refractivity contribution in [3.05, 3.63) is 123 Å². The van der Waals surface area contributed by atoms with Gasteiger partial charge >= 0.3 is 13.1 Å². The number of aromatic hydroxyl groups is 1. The first-order valence-corrected chi connectivity index (χ1v) is 16.9. The number of methoxy groups -OCH3 is 1. The summed E-state index contributed by atoms with van der Waals surface area (Å²) in [6.45, 7) is 0.617. The van der Waals surface area contributed by atoms with E-state index in [0.29, 0.717) is 26.9 Å². The van der Waals surface area contributed by atoms with E-state index in [1.165, 1.54) is 47.2 Å². The highest BCUT2D eigenvalue weighted by atomic mass is 35.5. The lowest BCUT2D eigenvalue weighted by atomic mass is 9.80. The summed E-state index contributed by atoms with van der Waals surface area (Å²) in [5, 5.41) is 33.5. The normalized spacial score (nSPS) is 17.3. The maximum atomic E-state index is 14.6. The molecule has 0 aromatic heterocycles. The van der Waals surface area contributed by atoms with Gasteiger partial charge < -0.3 is 35.0 Å². The Balaban J connectivity index is 1.24. The molecule has 1 fully saturated rings. The second kappa shape index (κ2) is 15.4. The van der Waals surface area contributed by atoms with E-state index in [2.05, 4.69) is 5.32 Å². The van der Waals surface area contributed by atoms with Crippen molar-refractivity contribution in [3.63, 3.8) is 0 Å². The highest BCUT2D eigenvalue weighted by molar-refractivity contribution is 6.58. The second-order valence-corrected chi connectivity index (χ2v) is 12.9. The molecule has 1 saturated heterocycles. The summed E-state index contributed by atoms with van der Waals surface area (Å²) in [4.78, 5) is 50.2. The quantitative estimate of drug-likeness (QED) is 0.192. The Morgan fingerprint density at radius 1 is 0.922 bits per heavy atom. The molecule has 2 aliphatic heterocycles. The molecule has 4 N–H and O–H groups in total. The number of carbonyl (C=O) groups excluding carboxylic acids is 3. The number of hydrogen-bond donors (Lipinski definition) is 4. The number of urea groups is 1. The van der Waals surface area contributed by atoms with Crippen LogP contribution in [0, 0.1) is 0 Å². The van der Waals surface area contributed by atoms with E-state index in [9.17, 15) is 29.5 Å². The average molecular weight is 730 g/mol. The smallest absolute Gasteiger partial charge is 0.488 e. The zero-order valence-electron chi connectivity index (χ0n) is 27.4. The third-order valence-electron chi connectivity index (χ3n) is 8.87. The van der Waals surface area contributed by atoms with Gasteiger partial charge in [0.2, 0.25) is 5.91 Å². The van der Waals surface area contributed by atoms with Crippen LogP contribution in [0.2, 0.25) is 10.0 Å². The van der Waals surface area contributed by atoms with Crippen molar-refractivity contribution in [1.82, 2.24) is 20.0 Å². The van der Waals surface area contributed by atoms with Crippen LogP contribution in [0.5, 0.6) is 11.5 Å². The number of hydrogen-bond acceptors (Lipinski definition) is 8. The number of nitrogens with one attached hydrogen (secondary N) is 1. The third-order valence-corrected chi connectivity index (χ3v) is 9.37. The molecule has 4 aromatic carbocycles. The van der Waals surface area contributed by atoms with Gasteiger partial charge in [0.05, 0.1) is 18.7 Å². The number of rotatable bonds is 9. The Morgan fingerprint density at radius 2 is 1.57 bits per heavy atom. The lowest BCUT2D eigenvalue weighted by Crippen LogP contribution is -2.57. The summed E-state index contributed by atoms with van der Waals surface area (Å²) in [6.07, 6.45) is 0. The highest BCUT2D eigenvalue weighted by Crippen LogP contribution is 2.45. The summed E-state index contributed by atoms with van der Waals surface area (Å²) in [6, 6.07) is 23.2. The number of phenols is 1. The monoisotopic (exact) mass is 729 g/mol. The lowest BCUT2D eigenvalue weighted by molar-refractivity contribution is -0.134. The molecular formula is C36H34BCl2N5O7. The molecule has 15 heteroatoms. The minimum Gasteiger partial charge on any atom is -0.507 e. The number of amidine groups is 1. The Bertz CT molecular complexity index is 1950. The fraction of sp³-hybridized carbons (Fsp3) is 0.222. The largest absolute Gasteiger partial charge is 0.507 e. The molecule has 0 saturated carbocycles. The predicted molar refractivity (Wildman–Crippen MR) is 194 cm³/mol. The number of aliphatic imine (C=N–C) groups is 1. The second-order valence-electron chi connectivity index (χ2n) is 12.0. The van der Waals surface area contributed by atoms with Crippen molar-refractivity contribution < 1.29 is 34.3 Å². The van der Waals surface area contributed by atoms with Gasteiger partial charge in [0.25, 0.3) is 5.91 Å². The summed E-state index contributed by atoms with van der Waals surface area (Å²) < 4.78 is 5.29. The first kappa shape index (κ1) is 35.7. The Kier molecular flexibility index (Phi) is 10.8. The van der Waals surface area contributed by atoms with Gasteiger partial charge in [0.15, 0.2) is 0 Å². The molecule has 6 rings (SSSR count). The summed E-state index contributed by atoms with van der Waals surface area (Å²) in [5.41, 5.74) is 2.42. The molecule has 0 spiro atoms. The Labute approximate surface area is 304 Å². The van der Waals surface area contributed by atoms with Gasteiger partial charge in [0, 0.05) is 47.9 Å². The summed E-state index contributed by atoms with van der Waals surface area (Å²) in [5.74, 6) is -0.163. The zero-order valence-corrected chi connectivity index (χ0v) is 29.0. The van der Waals surface area contributed by atoms with Crippen molar-refractivity contribution in [2.75, 3.05) is 39.8 Å². The molecule has 51 heavy (non-hydrogen) atoms. The van der Waals surface area contributed by atoms with E-state index in [-0.39, 0.29) is 61.6 Å². The molecule has 4 aromatic rings. The molecule has 2 atom stereocenters. The van der Waals surface area contributed by atoms with Gasteiger partial charge in [-0.2, -0.15) is 0 Å². The molecule has 0 aliphatic carbocycles. The van der Waals surface area contributed by atoms with Crippen molar-refractivity contribution in [3.8, 4) is 11.5 Å². The van der Waals surface area contributed by atoms with Crippen LogP contribution >= 0.6 is 23.2 Å². The molecule has 262 valence electrons. The van der Waals surface area contributed by atoms with Crippen molar-refractivity contribution in [2.24, 2.45) is 4.99 Å². The van der Waals surface area contributed by atoms with E-state index in [0.717, 1.165) is 11.1 Å². The highest BCUT2D eigenvalue weighted by Gasteiger charge is 2.45. The number of benzene rings is 4. The number of phenolic OH excluding ortho intramolecular Hbond substituents is 1. The van der Waals surface area contributed by atoms with Gasteiger partial charge in [-0.25, -0.2) is 4.79 Å². The average Bonchev–Trinajstić information content (AvgIpc) is 3.52. The molecule has 2 heterocycles. The summed E-state index contributed by atoms with van der Waals surface area (Å²) >= 11 is 12.5. The third kappa shape index (κ3) is 7.81. The van der Waals surface area contributed by atoms with E-state index in [4.69, 9.17) is 32.9 Å². The van der Waals surface area contributed by atoms with E-state index in [1.54, 1.807) is 41.3 Å². The van der Waals surface area contributed by atoms with Crippen LogP contribution in [-0.2, 0) is 4.79 Å². The van der Waals surface area contributed by atoms with E-state index < -0.39 is 25.2 Å². The number of halogens is 2. The number of nitrogens with zero attached hydrogens (tertiary/aromatic N) is 4. The standard InChI is InChI=1S/C36H34BCl2N5O7/c1-51-28-14-15-29(30(45)20-28)34-41-32(22-4-10-26(38)11-5-22)33(23-6-12-27(39)13-7-23)44(34)36(48)43-19-18-42(31(46)21-43)17-16-40-35(47)24-2-8-25(9-3-24)37(49)50/h2-15,20,32-33,45,49-50H,16-19,21H2,1H3,(H,40,47)/t32-,33+/m0/s1. The maximum Gasteiger partial charge on any atom is 0.488 e. The van der Waals surface area contributed by atoms with E-state index >= 15 is 0 Å². The minimum absolute atomic E-state index is 0.137. The van der Waals surface area contributed by atoms with Crippen LogP contribution < -0.4 is 15.5 Å². The van der Waals surface area contributed by atoms with Gasteiger partial charge in [-0.1, -0.05) is 59.6 Å². The number of amides is 4. The maximum absolute atomic E-state index is 14.6. The predicted octanol–water partition coefficient (Wildman–Crippen LogP) is 3.63. The van der Waals surface area contributed by atoms with Gasteiger partial charge in [-0.05, 0) is 65.1 Å². The van der Waals surface area contributed by atoms with E-state index in [1.807, 2.05) is 24.3 Å². The lowest BCUT2D eigenvalue weighted by Gasteiger charge is -2.38. The van der Waals surface area contributed by atoms with Crippen LogP contribution in [0.15, 0.2) is 96.0 Å². The number of carbonyl (C=O) groups is 3. The number of ether oxygens (including phenoxy) is 1. The summed E-state index contributed by atoms with van der Waals surface area (Å²) in [7, 11) is -0.148. The van der Waals surface area contributed by atoms with Gasteiger partial charge in [-0.3, -0.25) is 19.5 Å². The topological polar surface area (TPSA) is 155 Å². The Morgan fingerprint density at radius 3 is 2.16 bits per heavy atom. The molecule has 2 aliphatic rings. The fourth-order valence-corrected chi connectivity index (χ4v) is 6.41. The van der Waals surface area contributed by atoms with Crippen molar-refractivity contribution in [1.29, 1.82) is 0 Å². The van der Waals surface area contributed by atoms with Gasteiger partial charge in [-0.15, -0.1) is 0 Å². The van der Waals surface area contributed by atoms with Gasteiger partial charge in [0.1, 0.15) is 29.9 Å². The molecule has 0 unspecified atom stereocenters. The fourth-order valence-electron chi connectivity index (χ4n) is 6.16. The van der Waals surface area contributed by atoms with Crippen LogP contribution in [-0.4, -0.2) is 100 Å². The van der Waals surface area contributed by atoms with Crippen LogP contribution in [0.25, 0.3) is 0 Å². The first-order chi connectivity index (χ1) is 24.5. The minimum atomic E-state index is -1.63. The van der Waals surface area contributed by atoms with Crippen LogP contribution in [0.3, 0.4) is 0 Å². The SMILES string of the molecule is COc1ccc(C2=N[C@@H](c3ccc(Cl)cc3)[C@@H](c3ccc(Cl)cc3)N2C(=O)N2CCN(CCNC(=O)c3ccc(B(O)O)cc3)C(=O)C2)c(O)c1. The molecule has 0 bridgehead atoms. The van der Waals surface area contributed by atoms with Crippen molar-refractivity contribution in [2.45, 2.75) is 12.1 Å². The van der Waals surface area contributed by atoms with Crippen LogP contribution in [0.1, 0.15) is 39.1 Å². The van der Waals surface area contributed by atoms with Crippen molar-refractivity contribution >= 4 is 59.5 Å². The zero-order chi connectivity index (χ0) is 36.2. The molecular weight excluding hydrogens is 696 g/mol. The molecule has 0 radical (unpaired) electrons. The Hall–Kier alpha value is -5.08. The number of piperazine rings is 1. The first-order valence-electron chi connectivity index (χ1n) is 16.1. The molecule has 12 nitrogen and oxygen atoms in total.